The van der Waals surface area contributed by atoms with Gasteiger partial charge in [-0.15, -0.1) is 0 Å². The van der Waals surface area contributed by atoms with E-state index in [0.29, 0.717) is 15.7 Å². The fourth-order valence-corrected chi connectivity index (χ4v) is 3.78. The average molecular weight is 337 g/mol. The van der Waals surface area contributed by atoms with Crippen LogP contribution in [0.3, 0.4) is 0 Å². The first-order valence-corrected chi connectivity index (χ1v) is 8.41. The van der Waals surface area contributed by atoms with Crippen LogP contribution in [-0.2, 0) is 14.8 Å². The summed E-state index contributed by atoms with van der Waals surface area (Å²) >= 11 is 12.3. The molecule has 1 heterocycles. The van der Waals surface area contributed by atoms with Crippen LogP contribution < -0.4 is 10.0 Å². The molecule has 1 aromatic carbocycles. The van der Waals surface area contributed by atoms with Gasteiger partial charge in [0.1, 0.15) is 0 Å². The van der Waals surface area contributed by atoms with Gasteiger partial charge >= 0.3 is 0 Å². The SMILES string of the molecule is Cc1ccc(Cl)c(N2CC(CS(N)(=O)=O)CC2=O)c1Cl. The second-order valence-electron chi connectivity index (χ2n) is 4.93. The third kappa shape index (κ3) is 3.25. The molecule has 110 valence electrons. The van der Waals surface area contributed by atoms with E-state index < -0.39 is 10.0 Å². The minimum absolute atomic E-state index is 0.122. The first-order chi connectivity index (χ1) is 9.19. The van der Waals surface area contributed by atoms with Crippen LogP contribution in [0.5, 0.6) is 0 Å². The summed E-state index contributed by atoms with van der Waals surface area (Å²) in [5.41, 5.74) is 1.24. The summed E-state index contributed by atoms with van der Waals surface area (Å²) < 4.78 is 22.2. The van der Waals surface area contributed by atoms with Crippen molar-refractivity contribution >= 4 is 44.8 Å². The van der Waals surface area contributed by atoms with Crippen molar-refractivity contribution in [2.24, 2.45) is 11.1 Å². The Kier molecular flexibility index (Phi) is 4.30. The maximum absolute atomic E-state index is 12.1. The lowest BCUT2D eigenvalue weighted by molar-refractivity contribution is -0.117. The van der Waals surface area contributed by atoms with E-state index in [-0.39, 0.29) is 30.5 Å². The van der Waals surface area contributed by atoms with Gasteiger partial charge in [0.25, 0.3) is 0 Å². The average Bonchev–Trinajstić information content (AvgIpc) is 2.63. The quantitative estimate of drug-likeness (QED) is 0.915. The van der Waals surface area contributed by atoms with E-state index in [9.17, 15) is 13.2 Å². The number of nitrogens with zero attached hydrogens (tertiary/aromatic N) is 1. The number of aryl methyl sites for hydroxylation is 1. The summed E-state index contributed by atoms with van der Waals surface area (Å²) in [6.07, 6.45) is 0.122. The van der Waals surface area contributed by atoms with E-state index in [0.717, 1.165) is 5.56 Å². The Morgan fingerprint density at radius 3 is 2.65 bits per heavy atom. The van der Waals surface area contributed by atoms with E-state index in [1.807, 2.05) is 6.92 Å². The van der Waals surface area contributed by atoms with Crippen LogP contribution >= 0.6 is 23.2 Å². The Labute approximate surface area is 127 Å². The second kappa shape index (κ2) is 5.52. The molecule has 1 unspecified atom stereocenters. The number of carbonyl (C=O) groups excluding carboxylic acids is 1. The van der Waals surface area contributed by atoms with Gasteiger partial charge in [0.2, 0.25) is 15.9 Å². The van der Waals surface area contributed by atoms with Crippen LogP contribution in [0.4, 0.5) is 5.69 Å². The molecule has 1 aliphatic heterocycles. The summed E-state index contributed by atoms with van der Waals surface area (Å²) in [6, 6.07) is 3.43. The van der Waals surface area contributed by atoms with Crippen molar-refractivity contribution in [3.63, 3.8) is 0 Å². The molecule has 2 N–H and O–H groups in total. The summed E-state index contributed by atoms with van der Waals surface area (Å²) in [5.74, 6) is -0.769. The Bertz CT molecular complexity index is 661. The maximum atomic E-state index is 12.1. The Hall–Kier alpha value is -0.820. The number of primary sulfonamides is 1. The van der Waals surface area contributed by atoms with E-state index in [1.165, 1.54) is 4.90 Å². The van der Waals surface area contributed by atoms with Gasteiger partial charge in [0.05, 0.1) is 21.5 Å². The number of benzene rings is 1. The Balaban J connectivity index is 2.31. The normalized spacial score (nSPS) is 19.7. The molecule has 1 aliphatic rings. The molecule has 0 bridgehead atoms. The highest BCUT2D eigenvalue weighted by Gasteiger charge is 2.34. The first kappa shape index (κ1) is 15.6. The molecule has 5 nitrogen and oxygen atoms in total. The van der Waals surface area contributed by atoms with Crippen LogP contribution in [-0.4, -0.2) is 26.6 Å². The van der Waals surface area contributed by atoms with Gasteiger partial charge in [-0.3, -0.25) is 4.79 Å². The second-order valence-corrected chi connectivity index (χ2v) is 7.38. The molecular formula is C12H14Cl2N2O3S. The minimum atomic E-state index is -3.61. The monoisotopic (exact) mass is 336 g/mol. The molecule has 20 heavy (non-hydrogen) atoms. The Morgan fingerprint density at radius 1 is 1.40 bits per heavy atom. The van der Waals surface area contributed by atoms with Crippen molar-refractivity contribution < 1.29 is 13.2 Å². The fraction of sp³-hybridized carbons (Fsp3) is 0.417. The number of halogens is 2. The molecule has 1 atom stereocenters. The number of anilines is 1. The van der Waals surface area contributed by atoms with Crippen molar-refractivity contribution in [2.75, 3.05) is 17.2 Å². The largest absolute Gasteiger partial charge is 0.309 e. The molecule has 1 aromatic rings. The molecule has 8 heteroatoms. The number of nitrogens with two attached hydrogens (primary N) is 1. The van der Waals surface area contributed by atoms with Crippen molar-refractivity contribution in [1.29, 1.82) is 0 Å². The van der Waals surface area contributed by atoms with Crippen molar-refractivity contribution in [1.82, 2.24) is 0 Å². The standard InChI is InChI=1S/C12H14Cl2N2O3S/c1-7-2-3-9(13)12(11(7)14)16-5-8(4-10(16)17)6-20(15,18)19/h2-3,8H,4-6H2,1H3,(H2,15,18,19). The minimum Gasteiger partial charge on any atom is -0.309 e. The van der Waals surface area contributed by atoms with Crippen molar-refractivity contribution in [2.45, 2.75) is 13.3 Å². The van der Waals surface area contributed by atoms with Gasteiger partial charge in [0.15, 0.2) is 0 Å². The van der Waals surface area contributed by atoms with Gasteiger partial charge in [-0.05, 0) is 18.6 Å². The zero-order chi connectivity index (χ0) is 15.1. The molecule has 0 spiro atoms. The zero-order valence-corrected chi connectivity index (χ0v) is 13.1. The van der Waals surface area contributed by atoms with E-state index in [4.69, 9.17) is 28.3 Å². The number of hydrogen-bond donors (Lipinski definition) is 1. The van der Waals surface area contributed by atoms with Crippen LogP contribution in [0, 0.1) is 12.8 Å². The zero-order valence-electron chi connectivity index (χ0n) is 10.8. The summed E-state index contributed by atoms with van der Waals surface area (Å²) in [5, 5.41) is 5.79. The molecule has 0 aliphatic carbocycles. The molecular weight excluding hydrogens is 323 g/mol. The predicted molar refractivity (Wildman–Crippen MR) is 79.6 cm³/mol. The highest BCUT2D eigenvalue weighted by Crippen LogP contribution is 2.39. The summed E-state index contributed by atoms with van der Waals surface area (Å²) in [7, 11) is -3.61. The fourth-order valence-electron chi connectivity index (χ4n) is 2.33. The molecule has 2 rings (SSSR count). The highest BCUT2D eigenvalue weighted by molar-refractivity contribution is 7.89. The van der Waals surface area contributed by atoms with E-state index in [2.05, 4.69) is 0 Å². The van der Waals surface area contributed by atoms with Crippen molar-refractivity contribution in [3.8, 4) is 0 Å². The van der Waals surface area contributed by atoms with Gasteiger partial charge in [0, 0.05) is 18.9 Å². The number of sulfonamides is 1. The first-order valence-electron chi connectivity index (χ1n) is 5.94. The van der Waals surface area contributed by atoms with Crippen molar-refractivity contribution in [3.05, 3.63) is 27.7 Å². The number of carbonyl (C=O) groups is 1. The number of hydrogen-bond acceptors (Lipinski definition) is 3. The maximum Gasteiger partial charge on any atom is 0.227 e. The summed E-state index contributed by atoms with van der Waals surface area (Å²) in [4.78, 5) is 13.5. The third-order valence-corrected chi connectivity index (χ3v) is 4.92. The van der Waals surface area contributed by atoms with Gasteiger partial charge in [-0.1, -0.05) is 29.3 Å². The number of amides is 1. The van der Waals surface area contributed by atoms with Gasteiger partial charge in [-0.25, -0.2) is 13.6 Å². The molecule has 0 aromatic heterocycles. The van der Waals surface area contributed by atoms with Gasteiger partial charge in [-0.2, -0.15) is 0 Å². The smallest absolute Gasteiger partial charge is 0.227 e. The molecule has 0 radical (unpaired) electrons. The summed E-state index contributed by atoms with van der Waals surface area (Å²) in [6.45, 7) is 2.06. The molecule has 1 amide bonds. The predicted octanol–water partition coefficient (Wildman–Crippen LogP) is 1.94. The van der Waals surface area contributed by atoms with Crippen LogP contribution in [0.15, 0.2) is 12.1 Å². The van der Waals surface area contributed by atoms with E-state index >= 15 is 0 Å². The molecule has 1 saturated heterocycles. The topological polar surface area (TPSA) is 80.5 Å². The third-order valence-electron chi connectivity index (χ3n) is 3.20. The van der Waals surface area contributed by atoms with Gasteiger partial charge < -0.3 is 4.90 Å². The Morgan fingerprint density at radius 2 is 2.05 bits per heavy atom. The van der Waals surface area contributed by atoms with Crippen LogP contribution in [0.2, 0.25) is 10.0 Å². The van der Waals surface area contributed by atoms with E-state index in [1.54, 1.807) is 12.1 Å². The molecule has 0 saturated carbocycles. The lowest BCUT2D eigenvalue weighted by Crippen LogP contribution is -2.28. The lowest BCUT2D eigenvalue weighted by Gasteiger charge is -2.20. The van der Waals surface area contributed by atoms with Crippen LogP contribution in [0.25, 0.3) is 0 Å². The highest BCUT2D eigenvalue weighted by atomic mass is 35.5. The number of rotatable bonds is 3. The lowest BCUT2D eigenvalue weighted by atomic mass is 10.1. The molecule has 1 fully saturated rings. The van der Waals surface area contributed by atoms with Crippen LogP contribution in [0.1, 0.15) is 12.0 Å².